The lowest BCUT2D eigenvalue weighted by atomic mass is 10.2. The number of nitrogens with zero attached hydrogens (tertiary/aromatic N) is 1. The monoisotopic (exact) mass is 233 g/mol. The second kappa shape index (κ2) is 5.15. The number of rotatable bonds is 4. The highest BCUT2D eigenvalue weighted by molar-refractivity contribution is 6.74. The van der Waals surface area contributed by atoms with Crippen molar-refractivity contribution in [3.8, 4) is 6.07 Å². The minimum Gasteiger partial charge on any atom is -0.401 e. The van der Waals surface area contributed by atoms with Crippen molar-refractivity contribution < 1.29 is 4.43 Å². The molecule has 14 heavy (non-hydrogen) atoms. The summed E-state index contributed by atoms with van der Waals surface area (Å²) in [5, 5.41) is 9.02. The maximum Gasteiger partial charge on any atom is 0.193 e. The van der Waals surface area contributed by atoms with Gasteiger partial charge in [-0.15, -0.1) is 11.6 Å². The molecule has 82 valence electrons. The molecule has 0 saturated carbocycles. The predicted octanol–water partition coefficient (Wildman–Crippen LogP) is 3.53. The summed E-state index contributed by atoms with van der Waals surface area (Å²) >= 11 is 5.60. The van der Waals surface area contributed by atoms with Gasteiger partial charge in [0.05, 0.1) is 6.07 Å². The van der Waals surface area contributed by atoms with Gasteiger partial charge in [0.15, 0.2) is 8.32 Å². The fourth-order valence-electron chi connectivity index (χ4n) is 0.781. The molecule has 0 aromatic heterocycles. The van der Waals surface area contributed by atoms with Crippen LogP contribution in [0.5, 0.6) is 0 Å². The van der Waals surface area contributed by atoms with Gasteiger partial charge in [-0.2, -0.15) is 5.26 Å². The molecule has 0 heterocycles. The fourth-order valence-corrected chi connectivity index (χ4v) is 2.21. The van der Waals surface area contributed by atoms with Crippen LogP contribution in [0.4, 0.5) is 0 Å². The maximum atomic E-state index is 8.87. The summed E-state index contributed by atoms with van der Waals surface area (Å²) in [7, 11) is -1.81. The van der Waals surface area contributed by atoms with Gasteiger partial charge in [-0.1, -0.05) is 20.8 Å². The largest absolute Gasteiger partial charge is 0.401 e. The Morgan fingerprint density at radius 1 is 1.43 bits per heavy atom. The summed E-state index contributed by atoms with van der Waals surface area (Å²) < 4.78 is 5.89. The van der Waals surface area contributed by atoms with Gasteiger partial charge in [-0.3, -0.25) is 0 Å². The Bertz CT molecular complexity index is 217. The van der Waals surface area contributed by atoms with Crippen molar-refractivity contribution in [3.05, 3.63) is 0 Å². The third-order valence-electron chi connectivity index (χ3n) is 2.76. The molecular formula is C10H20ClNOSi. The molecule has 0 bridgehead atoms. The zero-order valence-corrected chi connectivity index (χ0v) is 11.5. The maximum absolute atomic E-state index is 8.87. The van der Waals surface area contributed by atoms with Gasteiger partial charge < -0.3 is 4.43 Å². The van der Waals surface area contributed by atoms with Crippen LogP contribution in [0.1, 0.15) is 27.2 Å². The molecule has 1 atom stereocenters. The van der Waals surface area contributed by atoms with E-state index in [1.54, 1.807) is 0 Å². The number of hydrogen-bond acceptors (Lipinski definition) is 2. The van der Waals surface area contributed by atoms with Crippen LogP contribution in [-0.2, 0) is 4.43 Å². The van der Waals surface area contributed by atoms with E-state index in [1.807, 2.05) is 0 Å². The van der Waals surface area contributed by atoms with E-state index >= 15 is 0 Å². The highest BCUT2D eigenvalue weighted by Gasteiger charge is 2.39. The highest BCUT2D eigenvalue weighted by Crippen LogP contribution is 2.37. The average molecular weight is 234 g/mol. The lowest BCUT2D eigenvalue weighted by Crippen LogP contribution is -2.43. The summed E-state index contributed by atoms with van der Waals surface area (Å²) in [6.45, 7) is 10.8. The lowest BCUT2D eigenvalue weighted by molar-refractivity contribution is 0.228. The van der Waals surface area contributed by atoms with Crippen LogP contribution in [0.2, 0.25) is 18.1 Å². The van der Waals surface area contributed by atoms with Gasteiger partial charge in [0.25, 0.3) is 0 Å². The molecule has 0 aliphatic carbocycles. The Balaban J connectivity index is 4.42. The van der Waals surface area contributed by atoms with E-state index in [-0.39, 0.29) is 11.1 Å². The van der Waals surface area contributed by atoms with Gasteiger partial charge in [0, 0.05) is 5.88 Å². The second-order valence-corrected chi connectivity index (χ2v) is 10.1. The van der Waals surface area contributed by atoms with Crippen molar-refractivity contribution >= 4 is 19.9 Å². The van der Waals surface area contributed by atoms with Crippen molar-refractivity contribution in [3.63, 3.8) is 0 Å². The van der Waals surface area contributed by atoms with Gasteiger partial charge in [0.1, 0.15) is 6.10 Å². The van der Waals surface area contributed by atoms with Crippen molar-refractivity contribution in [1.29, 1.82) is 5.26 Å². The predicted molar refractivity (Wildman–Crippen MR) is 63.0 cm³/mol. The molecule has 0 amide bonds. The first-order valence-electron chi connectivity index (χ1n) is 4.88. The first-order chi connectivity index (χ1) is 6.24. The molecule has 0 aromatic carbocycles. The molecule has 0 unspecified atom stereocenters. The summed E-state index contributed by atoms with van der Waals surface area (Å²) in [6, 6.07) is 2.16. The summed E-state index contributed by atoms with van der Waals surface area (Å²) in [4.78, 5) is 0. The zero-order valence-electron chi connectivity index (χ0n) is 9.72. The van der Waals surface area contributed by atoms with E-state index in [1.165, 1.54) is 0 Å². The standard InChI is InChI=1S/C10H20ClNOSi/c1-10(2,3)14(4,5)13-9(8-12)6-7-11/h9H,6-7H2,1-5H3/t9-/m0/s1. The van der Waals surface area contributed by atoms with Crippen molar-refractivity contribution in [2.24, 2.45) is 0 Å². The topological polar surface area (TPSA) is 33.0 Å². The summed E-state index contributed by atoms with van der Waals surface area (Å²) in [5.41, 5.74) is 0. The number of alkyl halides is 1. The lowest BCUT2D eigenvalue weighted by Gasteiger charge is -2.37. The quantitative estimate of drug-likeness (QED) is 0.550. The Kier molecular flexibility index (Phi) is 5.14. The molecule has 4 heteroatoms. The van der Waals surface area contributed by atoms with Gasteiger partial charge in [-0.25, -0.2) is 0 Å². The Morgan fingerprint density at radius 3 is 2.21 bits per heavy atom. The minimum atomic E-state index is -1.81. The normalized spacial score (nSPS) is 14.9. The average Bonchev–Trinajstić information content (AvgIpc) is 2.01. The summed E-state index contributed by atoms with van der Waals surface area (Å²) in [6.07, 6.45) is 0.276. The van der Waals surface area contributed by atoms with Crippen LogP contribution in [-0.4, -0.2) is 20.3 Å². The molecule has 2 nitrogen and oxygen atoms in total. The Labute approximate surface area is 93.3 Å². The van der Waals surface area contributed by atoms with E-state index in [4.69, 9.17) is 21.3 Å². The van der Waals surface area contributed by atoms with Crippen molar-refractivity contribution in [2.45, 2.75) is 51.4 Å². The van der Waals surface area contributed by atoms with Gasteiger partial charge in [-0.05, 0) is 24.6 Å². The number of halogens is 1. The molecule has 0 fully saturated rings. The molecule has 0 radical (unpaired) electrons. The molecule has 0 saturated heterocycles. The molecule has 0 aliphatic rings. The van der Waals surface area contributed by atoms with Crippen LogP contribution in [0.3, 0.4) is 0 Å². The Morgan fingerprint density at radius 2 is 1.93 bits per heavy atom. The van der Waals surface area contributed by atoms with E-state index in [0.29, 0.717) is 12.3 Å². The fraction of sp³-hybridized carbons (Fsp3) is 0.900. The highest BCUT2D eigenvalue weighted by atomic mass is 35.5. The van der Waals surface area contributed by atoms with E-state index < -0.39 is 8.32 Å². The number of hydrogen-bond donors (Lipinski definition) is 0. The molecule has 0 N–H and O–H groups in total. The first kappa shape index (κ1) is 14.0. The molecule has 0 spiro atoms. The SMILES string of the molecule is CC(C)(C)[Si](C)(C)O[C@H](C#N)CCCl. The van der Waals surface area contributed by atoms with Gasteiger partial charge in [0.2, 0.25) is 0 Å². The third-order valence-corrected chi connectivity index (χ3v) is 7.46. The smallest absolute Gasteiger partial charge is 0.193 e. The molecule has 0 aliphatic heterocycles. The zero-order chi connectivity index (χ0) is 11.4. The van der Waals surface area contributed by atoms with Crippen LogP contribution in [0, 0.1) is 11.3 Å². The number of nitriles is 1. The van der Waals surface area contributed by atoms with E-state index in [9.17, 15) is 0 Å². The third kappa shape index (κ3) is 3.99. The van der Waals surface area contributed by atoms with E-state index in [2.05, 4.69) is 39.9 Å². The van der Waals surface area contributed by atoms with Crippen molar-refractivity contribution in [1.82, 2.24) is 0 Å². The van der Waals surface area contributed by atoms with Gasteiger partial charge >= 0.3 is 0 Å². The Hall–Kier alpha value is -0.0431. The summed E-state index contributed by atoms with van der Waals surface area (Å²) in [5.74, 6) is 0.479. The molecule has 0 aromatic rings. The minimum absolute atomic E-state index is 0.147. The van der Waals surface area contributed by atoms with Crippen LogP contribution in [0.25, 0.3) is 0 Å². The van der Waals surface area contributed by atoms with Crippen LogP contribution >= 0.6 is 11.6 Å². The van der Waals surface area contributed by atoms with Crippen LogP contribution in [0.15, 0.2) is 0 Å². The van der Waals surface area contributed by atoms with Crippen molar-refractivity contribution in [2.75, 3.05) is 5.88 Å². The van der Waals surface area contributed by atoms with E-state index in [0.717, 1.165) is 0 Å². The molecular weight excluding hydrogens is 214 g/mol. The van der Waals surface area contributed by atoms with Crippen LogP contribution < -0.4 is 0 Å². The molecule has 0 rings (SSSR count). The first-order valence-corrected chi connectivity index (χ1v) is 8.32. The second-order valence-electron chi connectivity index (χ2n) is 4.97.